The fourth-order valence-corrected chi connectivity index (χ4v) is 4.42. The molecule has 1 aliphatic heterocycles. The highest BCUT2D eigenvalue weighted by Crippen LogP contribution is 2.24. The van der Waals surface area contributed by atoms with E-state index in [1.165, 1.54) is 18.2 Å². The number of amides is 1. The van der Waals surface area contributed by atoms with Gasteiger partial charge in [0, 0.05) is 48.3 Å². The number of nitrogens with zero attached hydrogens (tertiary/aromatic N) is 4. The van der Waals surface area contributed by atoms with Gasteiger partial charge in [0.25, 0.3) is 5.91 Å². The standard InChI is InChI=1S/C25H23N5O2/c1-17(31)15-29-6-7-30(25(32)20-9-18(12-26)8-19(10-20)13-27)22(16-29)11-21-14-28-24-5-3-2-4-23(21)24/h2-5,8-10,14,22,28H,6-7,11,15-16H2,1H3/t22-/m1/s1. The molecule has 4 rings (SSSR count). The first-order valence-corrected chi connectivity index (χ1v) is 10.5. The molecular formula is C25H23N5O2. The number of fused-ring (bicyclic) bond motifs is 1. The van der Waals surface area contributed by atoms with Crippen molar-refractivity contribution in [1.82, 2.24) is 14.8 Å². The predicted molar refractivity (Wildman–Crippen MR) is 120 cm³/mol. The lowest BCUT2D eigenvalue weighted by Gasteiger charge is -2.41. The van der Waals surface area contributed by atoms with Crippen LogP contribution in [0.3, 0.4) is 0 Å². The van der Waals surface area contributed by atoms with Crippen LogP contribution in [-0.2, 0) is 11.2 Å². The molecule has 0 aliphatic carbocycles. The zero-order valence-electron chi connectivity index (χ0n) is 17.8. The quantitative estimate of drug-likeness (QED) is 0.677. The van der Waals surface area contributed by atoms with Gasteiger partial charge >= 0.3 is 0 Å². The van der Waals surface area contributed by atoms with Crippen LogP contribution in [0.25, 0.3) is 10.9 Å². The summed E-state index contributed by atoms with van der Waals surface area (Å²) in [5, 5.41) is 19.7. The molecule has 32 heavy (non-hydrogen) atoms. The molecule has 0 spiro atoms. The first-order valence-electron chi connectivity index (χ1n) is 10.5. The minimum absolute atomic E-state index is 0.0935. The van der Waals surface area contributed by atoms with Crippen molar-refractivity contribution in [1.29, 1.82) is 10.5 Å². The fourth-order valence-electron chi connectivity index (χ4n) is 4.42. The summed E-state index contributed by atoms with van der Waals surface area (Å²) in [7, 11) is 0. The average Bonchev–Trinajstić information content (AvgIpc) is 3.21. The van der Waals surface area contributed by atoms with Crippen molar-refractivity contribution in [3.05, 3.63) is 70.9 Å². The van der Waals surface area contributed by atoms with E-state index in [-0.39, 0.29) is 28.9 Å². The van der Waals surface area contributed by atoms with E-state index in [0.29, 0.717) is 38.2 Å². The van der Waals surface area contributed by atoms with Gasteiger partial charge in [-0.2, -0.15) is 10.5 Å². The summed E-state index contributed by atoms with van der Waals surface area (Å²) in [6.07, 6.45) is 2.61. The van der Waals surface area contributed by atoms with Crippen molar-refractivity contribution in [2.24, 2.45) is 0 Å². The predicted octanol–water partition coefficient (Wildman–Crippen LogP) is 2.87. The molecule has 3 aromatic rings. The number of para-hydroxylation sites is 1. The smallest absolute Gasteiger partial charge is 0.254 e. The Morgan fingerprint density at radius 3 is 2.50 bits per heavy atom. The number of benzene rings is 2. The van der Waals surface area contributed by atoms with Crippen LogP contribution in [0.5, 0.6) is 0 Å². The number of H-pyrrole nitrogens is 1. The minimum Gasteiger partial charge on any atom is -0.361 e. The summed E-state index contributed by atoms with van der Waals surface area (Å²) >= 11 is 0. The highest BCUT2D eigenvalue weighted by molar-refractivity contribution is 5.95. The van der Waals surface area contributed by atoms with Gasteiger partial charge in [0.15, 0.2) is 0 Å². The highest BCUT2D eigenvalue weighted by Gasteiger charge is 2.32. The number of aromatic amines is 1. The molecule has 0 radical (unpaired) electrons. The summed E-state index contributed by atoms with van der Waals surface area (Å²) < 4.78 is 0. The molecule has 7 heteroatoms. The first kappa shape index (κ1) is 21.3. The van der Waals surface area contributed by atoms with Gasteiger partial charge in [0.1, 0.15) is 5.78 Å². The maximum Gasteiger partial charge on any atom is 0.254 e. The van der Waals surface area contributed by atoms with Crippen LogP contribution >= 0.6 is 0 Å². The second-order valence-electron chi connectivity index (χ2n) is 8.18. The van der Waals surface area contributed by atoms with E-state index in [2.05, 4.69) is 16.0 Å². The summed E-state index contributed by atoms with van der Waals surface area (Å²) in [5.74, 6) is -0.109. The molecule has 2 aromatic carbocycles. The van der Waals surface area contributed by atoms with E-state index >= 15 is 0 Å². The highest BCUT2D eigenvalue weighted by atomic mass is 16.2. The zero-order valence-corrected chi connectivity index (χ0v) is 17.8. The third kappa shape index (κ3) is 4.39. The summed E-state index contributed by atoms with van der Waals surface area (Å²) in [4.78, 5) is 32.4. The van der Waals surface area contributed by atoms with Gasteiger partial charge in [-0.25, -0.2) is 0 Å². The van der Waals surface area contributed by atoms with Crippen LogP contribution in [0.1, 0.15) is 34.0 Å². The molecule has 1 fully saturated rings. The topological polar surface area (TPSA) is 104 Å². The Bertz CT molecular complexity index is 1230. The van der Waals surface area contributed by atoms with Gasteiger partial charge < -0.3 is 9.88 Å². The lowest BCUT2D eigenvalue weighted by Crippen LogP contribution is -2.56. The van der Waals surface area contributed by atoms with Crippen molar-refractivity contribution in [2.45, 2.75) is 19.4 Å². The molecule has 160 valence electrons. The summed E-state index contributed by atoms with van der Waals surface area (Å²) in [6, 6.07) is 16.5. The number of ketones is 1. The molecule has 1 aromatic heterocycles. The van der Waals surface area contributed by atoms with Crippen LogP contribution in [-0.4, -0.2) is 58.7 Å². The van der Waals surface area contributed by atoms with E-state index in [1.54, 1.807) is 6.92 Å². The molecule has 0 bridgehead atoms. The number of aromatic nitrogens is 1. The van der Waals surface area contributed by atoms with Crippen LogP contribution in [0.4, 0.5) is 0 Å². The van der Waals surface area contributed by atoms with Gasteiger partial charge in [-0.05, 0) is 43.2 Å². The van der Waals surface area contributed by atoms with Crippen LogP contribution in [0, 0.1) is 22.7 Å². The van der Waals surface area contributed by atoms with Crippen molar-refractivity contribution < 1.29 is 9.59 Å². The molecule has 1 aliphatic rings. The number of Topliss-reactive ketones (excluding diaryl/α,β-unsaturated/α-hetero) is 1. The zero-order chi connectivity index (χ0) is 22.7. The first-order chi connectivity index (χ1) is 15.5. The van der Waals surface area contributed by atoms with E-state index in [4.69, 9.17) is 0 Å². The monoisotopic (exact) mass is 425 g/mol. The van der Waals surface area contributed by atoms with Crippen molar-refractivity contribution in [3.8, 4) is 12.1 Å². The number of rotatable bonds is 5. The van der Waals surface area contributed by atoms with Crippen LogP contribution < -0.4 is 0 Å². The van der Waals surface area contributed by atoms with Gasteiger partial charge in [0.2, 0.25) is 0 Å². The fraction of sp³-hybridized carbons (Fsp3) is 0.280. The maximum absolute atomic E-state index is 13.5. The lowest BCUT2D eigenvalue weighted by atomic mass is 9.99. The Balaban J connectivity index is 1.66. The number of piperazine rings is 1. The van der Waals surface area contributed by atoms with Crippen molar-refractivity contribution >= 4 is 22.6 Å². The van der Waals surface area contributed by atoms with E-state index in [9.17, 15) is 20.1 Å². The summed E-state index contributed by atoms with van der Waals surface area (Å²) in [5.41, 5.74) is 3.06. The second-order valence-corrected chi connectivity index (χ2v) is 8.18. The number of carbonyl (C=O) groups excluding carboxylic acids is 2. The molecule has 1 atom stereocenters. The number of nitriles is 2. The van der Waals surface area contributed by atoms with Crippen molar-refractivity contribution in [3.63, 3.8) is 0 Å². The Morgan fingerprint density at radius 1 is 1.09 bits per heavy atom. The average molecular weight is 425 g/mol. The Hall–Kier alpha value is -3.94. The molecule has 7 nitrogen and oxygen atoms in total. The van der Waals surface area contributed by atoms with Crippen molar-refractivity contribution in [2.75, 3.05) is 26.2 Å². The van der Waals surface area contributed by atoms with Gasteiger partial charge in [0.05, 0.1) is 29.8 Å². The van der Waals surface area contributed by atoms with Gasteiger partial charge in [-0.1, -0.05) is 18.2 Å². The normalized spacial score (nSPS) is 16.5. The third-order valence-electron chi connectivity index (χ3n) is 5.84. The number of carbonyl (C=O) groups is 2. The van der Waals surface area contributed by atoms with Gasteiger partial charge in [-0.15, -0.1) is 0 Å². The van der Waals surface area contributed by atoms with Gasteiger partial charge in [-0.3, -0.25) is 14.5 Å². The van der Waals surface area contributed by atoms with Crippen LogP contribution in [0.2, 0.25) is 0 Å². The Morgan fingerprint density at radius 2 is 1.81 bits per heavy atom. The second kappa shape index (κ2) is 9.05. The largest absolute Gasteiger partial charge is 0.361 e. The molecule has 0 saturated carbocycles. The lowest BCUT2D eigenvalue weighted by molar-refractivity contribution is -0.118. The molecule has 0 unspecified atom stereocenters. The van der Waals surface area contributed by atoms with E-state index in [1.807, 2.05) is 41.4 Å². The Labute approximate surface area is 186 Å². The molecule has 1 amide bonds. The number of hydrogen-bond acceptors (Lipinski definition) is 5. The third-order valence-corrected chi connectivity index (χ3v) is 5.84. The minimum atomic E-state index is -0.203. The van der Waals surface area contributed by atoms with E-state index in [0.717, 1.165) is 16.5 Å². The molecular weight excluding hydrogens is 402 g/mol. The maximum atomic E-state index is 13.5. The Kier molecular flexibility index (Phi) is 6.02. The molecule has 1 N–H and O–H groups in total. The molecule has 1 saturated heterocycles. The number of hydrogen-bond donors (Lipinski definition) is 1. The van der Waals surface area contributed by atoms with E-state index < -0.39 is 0 Å². The summed E-state index contributed by atoms with van der Waals surface area (Å²) in [6.45, 7) is 3.57. The molecule has 2 heterocycles. The van der Waals surface area contributed by atoms with Crippen LogP contribution in [0.15, 0.2) is 48.7 Å². The number of nitrogens with one attached hydrogen (secondary N) is 1. The SMILES string of the molecule is CC(=O)CN1CCN(C(=O)c2cc(C#N)cc(C#N)c2)[C@H](Cc2c[nH]c3ccccc23)C1.